The predicted molar refractivity (Wildman–Crippen MR) is 69.1 cm³/mol. The van der Waals surface area contributed by atoms with E-state index in [0.29, 0.717) is 12.0 Å². The predicted octanol–water partition coefficient (Wildman–Crippen LogP) is 2.90. The molecule has 0 aliphatic rings. The molecular weight excluding hydrogens is 214 g/mol. The average molecular weight is 239 g/mol. The summed E-state index contributed by atoms with van der Waals surface area (Å²) in [5, 5.41) is 7.50. The van der Waals surface area contributed by atoms with Crippen LogP contribution in [0.4, 0.5) is 0 Å². The normalized spacial score (nSPS) is 14.8. The number of likely N-dealkylation sites (N-methyl/N-ethyl adjacent to an activating group) is 1. The van der Waals surface area contributed by atoms with E-state index in [2.05, 4.69) is 43.2 Å². The molecule has 0 saturated heterocycles. The largest absolute Gasteiger partial charge is 0.339 e. The molecule has 0 amide bonds. The lowest BCUT2D eigenvalue weighted by molar-refractivity contribution is 0.346. The van der Waals surface area contributed by atoms with Crippen LogP contribution in [0.3, 0.4) is 0 Å². The second-order valence-electron chi connectivity index (χ2n) is 4.60. The van der Waals surface area contributed by atoms with Crippen LogP contribution in [-0.4, -0.2) is 22.7 Å². The van der Waals surface area contributed by atoms with Crippen LogP contribution >= 0.6 is 0 Å². The van der Waals surface area contributed by atoms with Crippen molar-refractivity contribution < 1.29 is 4.52 Å². The quantitative estimate of drug-likeness (QED) is 0.758. The average Bonchev–Trinajstić information content (AvgIpc) is 2.77. The molecule has 0 radical (unpaired) electrons. The van der Waals surface area contributed by atoms with Crippen molar-refractivity contribution in [2.75, 3.05) is 6.54 Å². The van der Waals surface area contributed by atoms with Crippen LogP contribution in [0.1, 0.15) is 64.6 Å². The lowest BCUT2D eigenvalue weighted by Crippen LogP contribution is -2.30. The summed E-state index contributed by atoms with van der Waals surface area (Å²) in [5.74, 6) is 1.99. The minimum Gasteiger partial charge on any atom is -0.339 e. The van der Waals surface area contributed by atoms with Gasteiger partial charge in [0, 0.05) is 18.4 Å². The monoisotopic (exact) mass is 239 g/mol. The molecule has 0 saturated carbocycles. The van der Waals surface area contributed by atoms with Crippen LogP contribution in [0.5, 0.6) is 0 Å². The van der Waals surface area contributed by atoms with Gasteiger partial charge in [0.05, 0.1) is 0 Å². The first kappa shape index (κ1) is 14.2. The fourth-order valence-electron chi connectivity index (χ4n) is 1.86. The second kappa shape index (κ2) is 7.43. The summed E-state index contributed by atoms with van der Waals surface area (Å²) in [6.45, 7) is 9.57. The molecule has 1 aromatic heterocycles. The van der Waals surface area contributed by atoms with E-state index in [-0.39, 0.29) is 0 Å². The zero-order valence-corrected chi connectivity index (χ0v) is 11.5. The van der Waals surface area contributed by atoms with Crippen molar-refractivity contribution in [3.05, 3.63) is 11.7 Å². The number of rotatable bonds is 8. The summed E-state index contributed by atoms with van der Waals surface area (Å²) < 4.78 is 5.31. The van der Waals surface area contributed by atoms with Gasteiger partial charge in [-0.05, 0) is 19.4 Å². The molecule has 0 bridgehead atoms. The Kier molecular flexibility index (Phi) is 6.19. The Hall–Kier alpha value is -0.900. The number of nitrogens with zero attached hydrogens (tertiary/aromatic N) is 2. The molecule has 1 heterocycles. The molecule has 4 nitrogen and oxygen atoms in total. The van der Waals surface area contributed by atoms with Crippen LogP contribution in [-0.2, 0) is 6.42 Å². The van der Waals surface area contributed by atoms with E-state index in [1.807, 2.05) is 0 Å². The molecule has 0 aromatic carbocycles. The van der Waals surface area contributed by atoms with E-state index >= 15 is 0 Å². The lowest BCUT2D eigenvalue weighted by Gasteiger charge is -2.14. The summed E-state index contributed by atoms with van der Waals surface area (Å²) in [6, 6.07) is 0.454. The van der Waals surface area contributed by atoms with E-state index in [1.165, 1.54) is 6.42 Å². The smallest absolute Gasteiger partial charge is 0.228 e. The molecule has 2 unspecified atom stereocenters. The van der Waals surface area contributed by atoms with Crippen LogP contribution in [0, 0.1) is 0 Å². The zero-order chi connectivity index (χ0) is 12.7. The highest BCUT2D eigenvalue weighted by Crippen LogP contribution is 2.15. The molecule has 98 valence electrons. The van der Waals surface area contributed by atoms with Crippen LogP contribution in [0.15, 0.2) is 4.52 Å². The van der Waals surface area contributed by atoms with Gasteiger partial charge >= 0.3 is 0 Å². The van der Waals surface area contributed by atoms with Crippen molar-refractivity contribution in [2.45, 2.75) is 65.3 Å². The topological polar surface area (TPSA) is 51.0 Å². The highest BCUT2D eigenvalue weighted by molar-refractivity contribution is 4.94. The van der Waals surface area contributed by atoms with E-state index < -0.39 is 0 Å². The first-order chi connectivity index (χ1) is 8.21. The van der Waals surface area contributed by atoms with Gasteiger partial charge in [-0.3, -0.25) is 0 Å². The summed E-state index contributed by atoms with van der Waals surface area (Å²) in [4.78, 5) is 4.47. The summed E-state index contributed by atoms with van der Waals surface area (Å²) in [7, 11) is 0. The summed E-state index contributed by atoms with van der Waals surface area (Å²) in [6.07, 6.45) is 4.20. The highest BCUT2D eigenvalue weighted by Gasteiger charge is 2.15. The van der Waals surface area contributed by atoms with Gasteiger partial charge in [-0.2, -0.15) is 4.98 Å². The van der Waals surface area contributed by atoms with E-state index in [4.69, 9.17) is 4.52 Å². The van der Waals surface area contributed by atoms with Gasteiger partial charge in [0.1, 0.15) is 0 Å². The van der Waals surface area contributed by atoms with Gasteiger partial charge < -0.3 is 9.84 Å². The number of hydrogen-bond donors (Lipinski definition) is 1. The SMILES string of the molecule is CCCC(Cc1nc(C(C)CC)no1)NCC. The molecule has 1 aromatic rings. The van der Waals surface area contributed by atoms with Crippen molar-refractivity contribution in [3.8, 4) is 0 Å². The minimum atomic E-state index is 0.385. The standard InChI is InChI=1S/C13H25N3O/c1-5-8-11(14-7-3)9-12-15-13(16-17-12)10(4)6-2/h10-11,14H,5-9H2,1-4H3. The first-order valence-electron chi connectivity index (χ1n) is 6.77. The van der Waals surface area contributed by atoms with E-state index in [0.717, 1.165) is 37.5 Å². The van der Waals surface area contributed by atoms with Gasteiger partial charge in [0.15, 0.2) is 5.82 Å². The third-order valence-corrected chi connectivity index (χ3v) is 3.09. The van der Waals surface area contributed by atoms with Crippen LogP contribution in [0.25, 0.3) is 0 Å². The molecular formula is C13H25N3O. The second-order valence-corrected chi connectivity index (χ2v) is 4.60. The molecule has 4 heteroatoms. The van der Waals surface area contributed by atoms with Gasteiger partial charge in [-0.1, -0.05) is 39.3 Å². The molecule has 2 atom stereocenters. The van der Waals surface area contributed by atoms with Gasteiger partial charge in [-0.25, -0.2) is 0 Å². The van der Waals surface area contributed by atoms with E-state index in [9.17, 15) is 0 Å². The van der Waals surface area contributed by atoms with Crippen molar-refractivity contribution in [1.82, 2.24) is 15.5 Å². The Morgan fingerprint density at radius 3 is 2.65 bits per heavy atom. The highest BCUT2D eigenvalue weighted by atomic mass is 16.5. The molecule has 0 fully saturated rings. The van der Waals surface area contributed by atoms with Gasteiger partial charge in [-0.15, -0.1) is 0 Å². The van der Waals surface area contributed by atoms with Crippen molar-refractivity contribution in [3.63, 3.8) is 0 Å². The Bertz CT molecular complexity index is 305. The number of aromatic nitrogens is 2. The number of nitrogens with one attached hydrogen (secondary N) is 1. The molecule has 1 N–H and O–H groups in total. The number of hydrogen-bond acceptors (Lipinski definition) is 4. The maximum absolute atomic E-state index is 5.31. The van der Waals surface area contributed by atoms with E-state index in [1.54, 1.807) is 0 Å². The van der Waals surface area contributed by atoms with Crippen LogP contribution < -0.4 is 5.32 Å². The Labute approximate surface area is 104 Å². The maximum atomic E-state index is 5.31. The van der Waals surface area contributed by atoms with Crippen molar-refractivity contribution in [2.24, 2.45) is 0 Å². The lowest BCUT2D eigenvalue weighted by atomic mass is 10.1. The fourth-order valence-corrected chi connectivity index (χ4v) is 1.86. The molecule has 0 spiro atoms. The third-order valence-electron chi connectivity index (χ3n) is 3.09. The third kappa shape index (κ3) is 4.46. The molecule has 0 aliphatic heterocycles. The Morgan fingerprint density at radius 1 is 1.29 bits per heavy atom. The summed E-state index contributed by atoms with van der Waals surface area (Å²) in [5.41, 5.74) is 0. The first-order valence-corrected chi connectivity index (χ1v) is 6.77. The Balaban J connectivity index is 2.56. The minimum absolute atomic E-state index is 0.385. The molecule has 17 heavy (non-hydrogen) atoms. The van der Waals surface area contributed by atoms with Crippen molar-refractivity contribution in [1.29, 1.82) is 0 Å². The molecule has 0 aliphatic carbocycles. The fraction of sp³-hybridized carbons (Fsp3) is 0.846. The summed E-state index contributed by atoms with van der Waals surface area (Å²) >= 11 is 0. The molecule has 1 rings (SSSR count). The van der Waals surface area contributed by atoms with Crippen LogP contribution in [0.2, 0.25) is 0 Å². The Morgan fingerprint density at radius 2 is 2.06 bits per heavy atom. The van der Waals surface area contributed by atoms with Gasteiger partial charge in [0.25, 0.3) is 0 Å². The maximum Gasteiger partial charge on any atom is 0.228 e. The van der Waals surface area contributed by atoms with Gasteiger partial charge in [0.2, 0.25) is 5.89 Å². The van der Waals surface area contributed by atoms with Crippen molar-refractivity contribution >= 4 is 0 Å². The zero-order valence-electron chi connectivity index (χ0n) is 11.5.